The van der Waals surface area contributed by atoms with Crippen molar-refractivity contribution in [3.8, 4) is 0 Å². The Balaban J connectivity index is 3.96. The molecule has 0 saturated carbocycles. The zero-order valence-electron chi connectivity index (χ0n) is 8.14. The van der Waals surface area contributed by atoms with Crippen LogP contribution in [0.15, 0.2) is 0 Å². The van der Waals surface area contributed by atoms with Gasteiger partial charge in [0.1, 0.15) is 6.54 Å². The summed E-state index contributed by atoms with van der Waals surface area (Å²) in [6.45, 7) is 11.3. The van der Waals surface area contributed by atoms with Crippen molar-refractivity contribution in [3.63, 3.8) is 0 Å². The van der Waals surface area contributed by atoms with E-state index in [2.05, 4.69) is 20.8 Å². The largest absolute Gasteiger partial charge is 0.391 e. The predicted octanol–water partition coefficient (Wildman–Crippen LogP) is 1.25. The lowest BCUT2D eigenvalue weighted by molar-refractivity contribution is -0.925. The first-order chi connectivity index (χ1) is 5.24. The molecule has 0 aromatic heterocycles. The fourth-order valence-corrected chi connectivity index (χ4v) is 1.65. The van der Waals surface area contributed by atoms with Gasteiger partial charge in [0.15, 0.2) is 0 Å². The predicted molar refractivity (Wildman–Crippen MR) is 48.5 cm³/mol. The van der Waals surface area contributed by atoms with Crippen molar-refractivity contribution in [3.05, 3.63) is 0 Å². The molecule has 0 aliphatic heterocycles. The van der Waals surface area contributed by atoms with Crippen LogP contribution in [0.4, 0.5) is 0 Å². The molecule has 0 aliphatic rings. The highest BCUT2D eigenvalue weighted by atomic mass is 16.3. The number of quaternary nitrogens is 1. The van der Waals surface area contributed by atoms with Crippen LogP contribution in [-0.4, -0.2) is 42.4 Å². The molecule has 0 saturated heterocycles. The van der Waals surface area contributed by atoms with Gasteiger partial charge in [-0.15, -0.1) is 0 Å². The first-order valence-electron chi connectivity index (χ1n) is 4.70. The number of aliphatic hydroxyl groups excluding tert-OH is 1. The molecular formula is C9H22NO+. The van der Waals surface area contributed by atoms with Gasteiger partial charge in [-0.25, -0.2) is 0 Å². The lowest BCUT2D eigenvalue weighted by Gasteiger charge is -2.36. The second-order valence-electron chi connectivity index (χ2n) is 3.14. The van der Waals surface area contributed by atoms with Crippen molar-refractivity contribution in [2.45, 2.75) is 27.2 Å². The summed E-state index contributed by atoms with van der Waals surface area (Å²) in [7, 11) is 0. The van der Waals surface area contributed by atoms with E-state index in [0.29, 0.717) is 6.61 Å². The number of likely N-dealkylation sites (N-methyl/N-ethyl adjacent to an activating group) is 1. The molecule has 0 rings (SSSR count). The van der Waals surface area contributed by atoms with Gasteiger partial charge in [0, 0.05) is 0 Å². The fourth-order valence-electron chi connectivity index (χ4n) is 1.65. The summed E-state index contributed by atoms with van der Waals surface area (Å²) >= 11 is 0. The first kappa shape index (κ1) is 10.9. The van der Waals surface area contributed by atoms with Crippen molar-refractivity contribution >= 4 is 0 Å². The fraction of sp³-hybridized carbons (Fsp3) is 1.00. The molecule has 2 heteroatoms. The number of hydrogen-bond donors (Lipinski definition) is 1. The van der Waals surface area contributed by atoms with E-state index >= 15 is 0 Å². The molecule has 0 spiro atoms. The summed E-state index contributed by atoms with van der Waals surface area (Å²) in [6, 6.07) is 0. The molecule has 1 N–H and O–H groups in total. The number of nitrogens with zero attached hydrogens (tertiary/aromatic N) is 1. The minimum Gasteiger partial charge on any atom is -0.391 e. The van der Waals surface area contributed by atoms with Gasteiger partial charge < -0.3 is 9.59 Å². The van der Waals surface area contributed by atoms with Crippen LogP contribution in [-0.2, 0) is 0 Å². The summed E-state index contributed by atoms with van der Waals surface area (Å²) in [4.78, 5) is 0. The molecule has 0 atom stereocenters. The Morgan fingerprint density at radius 1 is 1.00 bits per heavy atom. The second kappa shape index (κ2) is 5.56. The molecule has 0 heterocycles. The smallest absolute Gasteiger partial charge is 0.102 e. The Bertz CT molecular complexity index is 81.6. The van der Waals surface area contributed by atoms with Crippen molar-refractivity contribution in [2.24, 2.45) is 0 Å². The van der Waals surface area contributed by atoms with Gasteiger partial charge >= 0.3 is 0 Å². The maximum Gasteiger partial charge on any atom is 0.102 e. The maximum absolute atomic E-state index is 8.88. The Morgan fingerprint density at radius 2 is 1.55 bits per heavy atom. The van der Waals surface area contributed by atoms with Crippen LogP contribution in [0.5, 0.6) is 0 Å². The SMILES string of the molecule is CCC[N+](CC)(CC)CCO. The van der Waals surface area contributed by atoms with E-state index in [1.165, 1.54) is 13.0 Å². The van der Waals surface area contributed by atoms with Crippen LogP contribution in [0, 0.1) is 0 Å². The first-order valence-corrected chi connectivity index (χ1v) is 4.70. The molecule has 0 amide bonds. The van der Waals surface area contributed by atoms with E-state index in [1.54, 1.807) is 0 Å². The molecule has 0 aromatic rings. The average Bonchev–Trinajstić information content (AvgIpc) is 2.04. The van der Waals surface area contributed by atoms with Crippen LogP contribution < -0.4 is 0 Å². The van der Waals surface area contributed by atoms with Crippen molar-refractivity contribution < 1.29 is 9.59 Å². The highest BCUT2D eigenvalue weighted by Gasteiger charge is 2.20. The van der Waals surface area contributed by atoms with Crippen LogP contribution in [0.1, 0.15) is 27.2 Å². The van der Waals surface area contributed by atoms with Gasteiger partial charge in [-0.2, -0.15) is 0 Å². The third-order valence-electron chi connectivity index (χ3n) is 2.61. The number of hydrogen-bond acceptors (Lipinski definition) is 1. The Labute approximate surface area is 70.4 Å². The van der Waals surface area contributed by atoms with Gasteiger partial charge in [-0.05, 0) is 20.3 Å². The zero-order chi connectivity index (χ0) is 8.74. The standard InChI is InChI=1S/C9H22NO/c1-4-7-10(5-2,6-3)8-9-11/h11H,4-9H2,1-3H3/q+1. The Morgan fingerprint density at radius 3 is 1.82 bits per heavy atom. The lowest BCUT2D eigenvalue weighted by atomic mass is 10.3. The minimum absolute atomic E-state index is 0.321. The molecule has 0 bridgehead atoms. The van der Waals surface area contributed by atoms with Gasteiger partial charge in [0.2, 0.25) is 0 Å². The summed E-state index contributed by atoms with van der Waals surface area (Å²) in [5.41, 5.74) is 0. The molecule has 0 aromatic carbocycles. The number of aliphatic hydroxyl groups is 1. The molecule has 0 radical (unpaired) electrons. The van der Waals surface area contributed by atoms with Gasteiger partial charge in [-0.3, -0.25) is 0 Å². The monoisotopic (exact) mass is 160 g/mol. The van der Waals surface area contributed by atoms with Crippen LogP contribution >= 0.6 is 0 Å². The van der Waals surface area contributed by atoms with Crippen molar-refractivity contribution in [1.82, 2.24) is 0 Å². The summed E-state index contributed by atoms with van der Waals surface area (Å²) < 4.78 is 1.08. The third-order valence-corrected chi connectivity index (χ3v) is 2.61. The van der Waals surface area contributed by atoms with Crippen molar-refractivity contribution in [2.75, 3.05) is 32.8 Å². The van der Waals surface area contributed by atoms with Gasteiger partial charge in [-0.1, -0.05) is 6.92 Å². The van der Waals surface area contributed by atoms with Crippen LogP contribution in [0.3, 0.4) is 0 Å². The molecule has 68 valence electrons. The summed E-state index contributed by atoms with van der Waals surface area (Å²) in [6.07, 6.45) is 1.21. The summed E-state index contributed by atoms with van der Waals surface area (Å²) in [5, 5.41) is 8.88. The van der Waals surface area contributed by atoms with Crippen molar-refractivity contribution in [1.29, 1.82) is 0 Å². The summed E-state index contributed by atoms with van der Waals surface area (Å²) in [5.74, 6) is 0. The maximum atomic E-state index is 8.88. The zero-order valence-corrected chi connectivity index (χ0v) is 8.14. The average molecular weight is 160 g/mol. The third kappa shape index (κ3) is 3.21. The molecule has 0 unspecified atom stereocenters. The highest BCUT2D eigenvalue weighted by Crippen LogP contribution is 2.06. The number of rotatable bonds is 6. The Kier molecular flexibility index (Phi) is 5.51. The van der Waals surface area contributed by atoms with Crippen LogP contribution in [0.25, 0.3) is 0 Å². The van der Waals surface area contributed by atoms with E-state index < -0.39 is 0 Å². The Hall–Kier alpha value is -0.0800. The lowest BCUT2D eigenvalue weighted by Crippen LogP contribution is -2.50. The molecule has 2 nitrogen and oxygen atoms in total. The van der Waals surface area contributed by atoms with E-state index in [0.717, 1.165) is 24.1 Å². The molecule has 0 fully saturated rings. The van der Waals surface area contributed by atoms with E-state index in [-0.39, 0.29) is 0 Å². The quantitative estimate of drug-likeness (QED) is 0.580. The van der Waals surface area contributed by atoms with Crippen LogP contribution in [0.2, 0.25) is 0 Å². The molecule has 11 heavy (non-hydrogen) atoms. The second-order valence-corrected chi connectivity index (χ2v) is 3.14. The highest BCUT2D eigenvalue weighted by molar-refractivity contribution is 4.38. The van der Waals surface area contributed by atoms with E-state index in [1.807, 2.05) is 0 Å². The molecule has 0 aliphatic carbocycles. The van der Waals surface area contributed by atoms with E-state index in [4.69, 9.17) is 5.11 Å². The normalized spacial score (nSPS) is 12.0. The minimum atomic E-state index is 0.321. The van der Waals surface area contributed by atoms with Gasteiger partial charge in [0.05, 0.1) is 26.2 Å². The molecular weight excluding hydrogens is 138 g/mol. The topological polar surface area (TPSA) is 20.2 Å². The van der Waals surface area contributed by atoms with E-state index in [9.17, 15) is 0 Å². The van der Waals surface area contributed by atoms with Gasteiger partial charge in [0.25, 0.3) is 0 Å².